The number of fused-ring (bicyclic) bond motifs is 1. The van der Waals surface area contributed by atoms with Crippen molar-refractivity contribution in [3.8, 4) is 5.69 Å². The van der Waals surface area contributed by atoms with Gasteiger partial charge in [-0.2, -0.15) is 0 Å². The molecular weight excluding hydrogens is 478 g/mol. The van der Waals surface area contributed by atoms with Crippen molar-refractivity contribution in [3.63, 3.8) is 0 Å². The lowest BCUT2D eigenvalue weighted by Crippen LogP contribution is -2.32. The monoisotopic (exact) mass is 505 g/mol. The maximum absolute atomic E-state index is 13.7. The van der Waals surface area contributed by atoms with Gasteiger partial charge in [-0.1, -0.05) is 17.7 Å². The van der Waals surface area contributed by atoms with Gasteiger partial charge in [-0.25, -0.2) is 15.0 Å². The Morgan fingerprint density at radius 1 is 1.00 bits per heavy atom. The number of aromatic nitrogens is 5. The summed E-state index contributed by atoms with van der Waals surface area (Å²) in [7, 11) is 1.75. The molecule has 1 fully saturated rings. The first kappa shape index (κ1) is 24.3. The molecule has 0 aliphatic carbocycles. The Kier molecular flexibility index (Phi) is 6.73. The van der Waals surface area contributed by atoms with Crippen LogP contribution in [-0.2, 0) is 24.6 Å². The molecular formula is C27H28ClN5O3. The summed E-state index contributed by atoms with van der Waals surface area (Å²) >= 11 is 6.09. The van der Waals surface area contributed by atoms with Gasteiger partial charge < -0.3 is 9.30 Å². The fourth-order valence-electron chi connectivity index (χ4n) is 4.76. The molecule has 8 nitrogen and oxygen atoms in total. The number of rotatable bonds is 5. The van der Waals surface area contributed by atoms with Gasteiger partial charge in [0.1, 0.15) is 5.69 Å². The van der Waals surface area contributed by atoms with Crippen molar-refractivity contribution in [3.05, 3.63) is 91.0 Å². The van der Waals surface area contributed by atoms with E-state index in [2.05, 4.69) is 9.97 Å². The molecule has 0 radical (unpaired) electrons. The van der Waals surface area contributed by atoms with Crippen LogP contribution in [0.2, 0.25) is 5.02 Å². The van der Waals surface area contributed by atoms with Crippen molar-refractivity contribution < 1.29 is 4.74 Å². The molecule has 0 spiro atoms. The average molecular weight is 506 g/mol. The number of ether oxygens (including phenoxy) is 1. The molecule has 0 amide bonds. The molecule has 186 valence electrons. The summed E-state index contributed by atoms with van der Waals surface area (Å²) in [5.41, 5.74) is 4.41. The molecule has 3 aromatic heterocycles. The van der Waals surface area contributed by atoms with Crippen molar-refractivity contribution >= 4 is 22.9 Å². The minimum atomic E-state index is -0.191. The molecule has 0 saturated carbocycles. The van der Waals surface area contributed by atoms with Gasteiger partial charge in [0.15, 0.2) is 11.3 Å². The minimum Gasteiger partial charge on any atom is -0.378 e. The fourth-order valence-corrected chi connectivity index (χ4v) is 4.89. The van der Waals surface area contributed by atoms with Crippen molar-refractivity contribution in [2.24, 2.45) is 13.0 Å². The van der Waals surface area contributed by atoms with Gasteiger partial charge in [0, 0.05) is 37.4 Å². The predicted molar refractivity (Wildman–Crippen MR) is 139 cm³/mol. The summed E-state index contributed by atoms with van der Waals surface area (Å²) in [6.45, 7) is 4.39. The van der Waals surface area contributed by atoms with Crippen LogP contribution in [0, 0.1) is 19.8 Å². The zero-order valence-electron chi connectivity index (χ0n) is 20.6. The third-order valence-corrected chi connectivity index (χ3v) is 7.08. The minimum absolute atomic E-state index is 0.0184. The highest BCUT2D eigenvalue weighted by molar-refractivity contribution is 6.30. The van der Waals surface area contributed by atoms with Gasteiger partial charge in [-0.05, 0) is 68.9 Å². The lowest BCUT2D eigenvalue weighted by molar-refractivity contribution is -0.00819. The number of hydrogen-bond donors (Lipinski definition) is 0. The zero-order valence-corrected chi connectivity index (χ0v) is 21.3. The highest BCUT2D eigenvalue weighted by Crippen LogP contribution is 2.26. The topological polar surface area (TPSA) is 91.9 Å². The lowest BCUT2D eigenvalue weighted by atomic mass is 9.89. The molecule has 1 saturated heterocycles. The van der Waals surface area contributed by atoms with Gasteiger partial charge in [-0.3, -0.25) is 14.2 Å². The molecule has 9 heteroatoms. The van der Waals surface area contributed by atoms with Crippen LogP contribution in [0.1, 0.15) is 35.5 Å². The van der Waals surface area contributed by atoms with Gasteiger partial charge in [0.2, 0.25) is 5.56 Å². The van der Waals surface area contributed by atoms with Gasteiger partial charge in [0.05, 0.1) is 23.2 Å². The second kappa shape index (κ2) is 9.95. The Morgan fingerprint density at radius 3 is 2.50 bits per heavy atom. The normalized spacial score (nSPS) is 18.0. The van der Waals surface area contributed by atoms with E-state index in [4.69, 9.17) is 21.3 Å². The molecule has 4 heterocycles. The van der Waals surface area contributed by atoms with Crippen LogP contribution in [0.3, 0.4) is 0 Å². The third-order valence-electron chi connectivity index (χ3n) is 6.83. The van der Waals surface area contributed by atoms with E-state index in [1.165, 1.54) is 0 Å². The first-order valence-electron chi connectivity index (χ1n) is 12.1. The van der Waals surface area contributed by atoms with E-state index in [1.807, 2.05) is 38.2 Å². The Hall–Kier alpha value is -3.36. The quantitative estimate of drug-likeness (QED) is 0.410. The molecule has 1 aromatic carbocycles. The molecule has 5 rings (SSSR count). The largest absolute Gasteiger partial charge is 0.378 e. The van der Waals surface area contributed by atoms with Crippen LogP contribution in [0.4, 0.5) is 0 Å². The van der Waals surface area contributed by atoms with Crippen LogP contribution in [0.15, 0.2) is 52.2 Å². The van der Waals surface area contributed by atoms with E-state index in [0.717, 1.165) is 29.8 Å². The molecule has 0 bridgehead atoms. The van der Waals surface area contributed by atoms with Crippen molar-refractivity contribution in [1.82, 2.24) is 24.1 Å². The summed E-state index contributed by atoms with van der Waals surface area (Å²) in [5.74, 6) is 0.243. The van der Waals surface area contributed by atoms with E-state index in [-0.39, 0.29) is 23.1 Å². The van der Waals surface area contributed by atoms with E-state index in [9.17, 15) is 9.59 Å². The Balaban J connectivity index is 1.47. The lowest BCUT2D eigenvalue weighted by Gasteiger charge is -2.29. The van der Waals surface area contributed by atoms with Gasteiger partial charge in [-0.15, -0.1) is 0 Å². The second-order valence-corrected chi connectivity index (χ2v) is 9.93. The van der Waals surface area contributed by atoms with Crippen molar-refractivity contribution in [2.45, 2.75) is 45.6 Å². The van der Waals surface area contributed by atoms with E-state index < -0.39 is 0 Å². The summed E-state index contributed by atoms with van der Waals surface area (Å²) in [6.07, 6.45) is 4.78. The number of aryl methyl sites for hydroxylation is 3. The zero-order chi connectivity index (χ0) is 25.4. The first-order valence-corrected chi connectivity index (χ1v) is 12.5. The van der Waals surface area contributed by atoms with Gasteiger partial charge in [0.25, 0.3) is 5.56 Å². The number of pyridine rings is 1. The Bertz CT molecular complexity index is 1540. The summed E-state index contributed by atoms with van der Waals surface area (Å²) in [4.78, 5) is 39.4. The Morgan fingerprint density at radius 2 is 1.75 bits per heavy atom. The Labute approximate surface area is 213 Å². The smallest absolute Gasteiger partial charge is 0.278 e. The first-order chi connectivity index (χ1) is 17.3. The van der Waals surface area contributed by atoms with Crippen LogP contribution < -0.4 is 11.1 Å². The molecule has 4 aromatic rings. The van der Waals surface area contributed by atoms with Crippen LogP contribution >= 0.6 is 11.6 Å². The molecule has 2 unspecified atom stereocenters. The van der Waals surface area contributed by atoms with E-state index in [1.54, 1.807) is 34.4 Å². The fraction of sp³-hybridized carbons (Fsp3) is 0.370. The third kappa shape index (κ3) is 4.96. The summed E-state index contributed by atoms with van der Waals surface area (Å²) in [5, 5.41) is 0.593. The molecule has 36 heavy (non-hydrogen) atoms. The second-order valence-electron chi connectivity index (χ2n) is 9.50. The summed E-state index contributed by atoms with van der Waals surface area (Å²) < 4.78 is 9.20. The number of halogens is 1. The van der Waals surface area contributed by atoms with Crippen LogP contribution in [0.25, 0.3) is 17.0 Å². The molecule has 2 atom stereocenters. The van der Waals surface area contributed by atoms with Crippen LogP contribution in [-0.4, -0.2) is 36.8 Å². The molecule has 1 aliphatic rings. The van der Waals surface area contributed by atoms with Crippen LogP contribution in [0.5, 0.6) is 0 Å². The SMILES string of the molecule is Cc1nc2nc(CC3CCOC(Cc4ccc(=O)n(C)c4)C3)c(=O)n(-c3ccc(Cl)cc3)c2nc1C. The van der Waals surface area contributed by atoms with Crippen molar-refractivity contribution in [2.75, 3.05) is 6.61 Å². The van der Waals surface area contributed by atoms with E-state index >= 15 is 0 Å². The highest BCUT2D eigenvalue weighted by atomic mass is 35.5. The van der Waals surface area contributed by atoms with E-state index in [0.29, 0.717) is 47.1 Å². The van der Waals surface area contributed by atoms with Crippen molar-refractivity contribution in [1.29, 1.82) is 0 Å². The molecule has 0 N–H and O–H groups in total. The predicted octanol–water partition coefficient (Wildman–Crippen LogP) is 3.73. The van der Waals surface area contributed by atoms with Gasteiger partial charge >= 0.3 is 0 Å². The number of hydrogen-bond acceptors (Lipinski definition) is 6. The maximum Gasteiger partial charge on any atom is 0.278 e. The number of benzene rings is 1. The average Bonchev–Trinajstić information content (AvgIpc) is 2.85. The number of nitrogens with zero attached hydrogens (tertiary/aromatic N) is 5. The summed E-state index contributed by atoms with van der Waals surface area (Å²) in [6, 6.07) is 10.6. The standard InChI is InChI=1S/C27H28ClN5O3/c1-16-17(2)30-26-25(29-16)31-23(27(35)33(26)21-7-5-20(28)6-8-21)14-18-10-11-36-22(12-18)13-19-4-9-24(34)32(3)15-19/h4-9,15,18,22H,10-14H2,1-3H3. The highest BCUT2D eigenvalue weighted by Gasteiger charge is 2.26. The maximum atomic E-state index is 13.7. The molecule has 1 aliphatic heterocycles.